The highest BCUT2D eigenvalue weighted by Crippen LogP contribution is 2.37. The summed E-state index contributed by atoms with van der Waals surface area (Å²) >= 11 is 0. The minimum atomic E-state index is 0.654. The standard InChI is InChI=1S/C18H16O3/c1-3-15-17(12-7-9-14(20-2)10-8-12)18-13(11-19)5-4-6-16(18)21-15/h4-11H,3H2,1-2H3. The van der Waals surface area contributed by atoms with Crippen molar-refractivity contribution in [2.24, 2.45) is 0 Å². The highest BCUT2D eigenvalue weighted by atomic mass is 16.5. The van der Waals surface area contributed by atoms with Crippen molar-refractivity contribution in [2.75, 3.05) is 7.11 Å². The molecule has 21 heavy (non-hydrogen) atoms. The van der Waals surface area contributed by atoms with Gasteiger partial charge in [-0.25, -0.2) is 0 Å². The van der Waals surface area contributed by atoms with Gasteiger partial charge in [-0.1, -0.05) is 31.2 Å². The van der Waals surface area contributed by atoms with Gasteiger partial charge in [0.1, 0.15) is 17.1 Å². The first-order valence-electron chi connectivity index (χ1n) is 6.92. The Kier molecular flexibility index (Phi) is 3.48. The number of carbonyl (C=O) groups is 1. The maximum atomic E-state index is 11.3. The van der Waals surface area contributed by atoms with Crippen LogP contribution in [0.2, 0.25) is 0 Å². The minimum absolute atomic E-state index is 0.654. The molecule has 0 aliphatic rings. The molecule has 0 amide bonds. The van der Waals surface area contributed by atoms with Crippen LogP contribution in [0, 0.1) is 0 Å². The minimum Gasteiger partial charge on any atom is -0.497 e. The maximum absolute atomic E-state index is 11.3. The molecule has 0 saturated carbocycles. The lowest BCUT2D eigenvalue weighted by Crippen LogP contribution is -1.87. The van der Waals surface area contributed by atoms with E-state index in [1.165, 1.54) is 0 Å². The summed E-state index contributed by atoms with van der Waals surface area (Å²) in [6.07, 6.45) is 1.65. The molecule has 3 heteroatoms. The Balaban J connectivity index is 2.30. The Labute approximate surface area is 123 Å². The predicted octanol–water partition coefficient (Wildman–Crippen LogP) is 4.48. The number of methoxy groups -OCH3 is 1. The number of rotatable bonds is 4. The molecule has 106 valence electrons. The van der Waals surface area contributed by atoms with Gasteiger partial charge in [-0.05, 0) is 23.8 Å². The zero-order valence-electron chi connectivity index (χ0n) is 12.1. The second-order valence-corrected chi connectivity index (χ2v) is 4.82. The number of aldehydes is 1. The molecule has 0 aliphatic carbocycles. The molecule has 0 radical (unpaired) electrons. The molecule has 0 aliphatic heterocycles. The van der Waals surface area contributed by atoms with E-state index in [-0.39, 0.29) is 0 Å². The second-order valence-electron chi connectivity index (χ2n) is 4.82. The average Bonchev–Trinajstić information content (AvgIpc) is 2.93. The molecule has 2 aromatic carbocycles. The lowest BCUT2D eigenvalue weighted by molar-refractivity contribution is 0.112. The van der Waals surface area contributed by atoms with E-state index in [0.29, 0.717) is 5.56 Å². The first-order chi connectivity index (χ1) is 10.3. The third kappa shape index (κ3) is 2.21. The molecule has 0 fully saturated rings. The Bertz CT molecular complexity index is 782. The summed E-state index contributed by atoms with van der Waals surface area (Å²) in [4.78, 5) is 11.3. The molecule has 0 bridgehead atoms. The molecule has 1 heterocycles. The van der Waals surface area contributed by atoms with Crippen LogP contribution in [0.5, 0.6) is 5.75 Å². The molecular weight excluding hydrogens is 264 g/mol. The number of benzene rings is 2. The number of fused-ring (bicyclic) bond motifs is 1. The summed E-state index contributed by atoms with van der Waals surface area (Å²) in [5.74, 6) is 1.70. The Hall–Kier alpha value is -2.55. The number of hydrogen-bond donors (Lipinski definition) is 0. The van der Waals surface area contributed by atoms with E-state index in [1.54, 1.807) is 7.11 Å². The predicted molar refractivity (Wildman–Crippen MR) is 83.0 cm³/mol. The van der Waals surface area contributed by atoms with Crippen LogP contribution in [0.25, 0.3) is 22.1 Å². The first-order valence-corrected chi connectivity index (χ1v) is 6.92. The van der Waals surface area contributed by atoms with Gasteiger partial charge >= 0.3 is 0 Å². The fourth-order valence-electron chi connectivity index (χ4n) is 2.63. The van der Waals surface area contributed by atoms with Crippen LogP contribution in [0.4, 0.5) is 0 Å². The molecule has 3 aromatic rings. The molecule has 0 saturated heterocycles. The molecular formula is C18H16O3. The fourth-order valence-corrected chi connectivity index (χ4v) is 2.63. The second kappa shape index (κ2) is 5.44. The zero-order valence-corrected chi connectivity index (χ0v) is 12.1. The van der Waals surface area contributed by atoms with Crippen molar-refractivity contribution < 1.29 is 13.9 Å². The number of ether oxygens (including phenoxy) is 1. The summed E-state index contributed by atoms with van der Waals surface area (Å²) in [7, 11) is 1.64. The van der Waals surface area contributed by atoms with Crippen molar-refractivity contribution in [3.8, 4) is 16.9 Å². The third-order valence-electron chi connectivity index (χ3n) is 3.65. The summed E-state index contributed by atoms with van der Waals surface area (Å²) in [5, 5.41) is 0.884. The van der Waals surface area contributed by atoms with E-state index in [2.05, 4.69) is 0 Å². The number of furan rings is 1. The Morgan fingerprint density at radius 2 is 1.90 bits per heavy atom. The summed E-state index contributed by atoms with van der Waals surface area (Å²) < 4.78 is 11.1. The van der Waals surface area contributed by atoms with Crippen LogP contribution in [-0.4, -0.2) is 13.4 Å². The van der Waals surface area contributed by atoms with Gasteiger partial charge in [-0.2, -0.15) is 0 Å². The molecule has 0 atom stereocenters. The zero-order chi connectivity index (χ0) is 14.8. The fraction of sp³-hybridized carbons (Fsp3) is 0.167. The van der Waals surface area contributed by atoms with E-state index < -0.39 is 0 Å². The van der Waals surface area contributed by atoms with E-state index in [0.717, 1.165) is 46.3 Å². The van der Waals surface area contributed by atoms with Crippen LogP contribution >= 0.6 is 0 Å². The van der Waals surface area contributed by atoms with E-state index >= 15 is 0 Å². The molecule has 0 unspecified atom stereocenters. The summed E-state index contributed by atoms with van der Waals surface area (Å²) in [6.45, 7) is 2.05. The van der Waals surface area contributed by atoms with Crippen molar-refractivity contribution in [3.63, 3.8) is 0 Å². The molecule has 3 nitrogen and oxygen atoms in total. The van der Waals surface area contributed by atoms with Gasteiger partial charge in [0.15, 0.2) is 6.29 Å². The lowest BCUT2D eigenvalue weighted by atomic mass is 9.98. The van der Waals surface area contributed by atoms with Crippen molar-refractivity contribution >= 4 is 17.3 Å². The Morgan fingerprint density at radius 1 is 1.14 bits per heavy atom. The van der Waals surface area contributed by atoms with Crippen LogP contribution in [0.15, 0.2) is 46.9 Å². The normalized spacial score (nSPS) is 10.8. The monoisotopic (exact) mass is 280 g/mol. The van der Waals surface area contributed by atoms with Crippen LogP contribution in [0.1, 0.15) is 23.0 Å². The largest absolute Gasteiger partial charge is 0.497 e. The summed E-state index contributed by atoms with van der Waals surface area (Å²) in [6, 6.07) is 13.4. The van der Waals surface area contributed by atoms with Gasteiger partial charge in [0.05, 0.1) is 7.11 Å². The third-order valence-corrected chi connectivity index (χ3v) is 3.65. The topological polar surface area (TPSA) is 39.4 Å². The van der Waals surface area contributed by atoms with Crippen LogP contribution in [-0.2, 0) is 6.42 Å². The molecule has 0 spiro atoms. The Morgan fingerprint density at radius 3 is 2.52 bits per heavy atom. The SMILES string of the molecule is CCc1oc2cccc(C=O)c2c1-c1ccc(OC)cc1. The van der Waals surface area contributed by atoms with Gasteiger partial charge in [0, 0.05) is 22.9 Å². The van der Waals surface area contributed by atoms with E-state index in [4.69, 9.17) is 9.15 Å². The maximum Gasteiger partial charge on any atom is 0.150 e. The molecule has 1 aromatic heterocycles. The van der Waals surface area contributed by atoms with Crippen molar-refractivity contribution in [1.82, 2.24) is 0 Å². The lowest BCUT2D eigenvalue weighted by Gasteiger charge is -2.05. The smallest absolute Gasteiger partial charge is 0.150 e. The van der Waals surface area contributed by atoms with Gasteiger partial charge < -0.3 is 9.15 Å². The van der Waals surface area contributed by atoms with Crippen molar-refractivity contribution in [3.05, 3.63) is 53.8 Å². The van der Waals surface area contributed by atoms with Gasteiger partial charge in [-0.3, -0.25) is 4.79 Å². The quantitative estimate of drug-likeness (QED) is 0.661. The van der Waals surface area contributed by atoms with E-state index in [9.17, 15) is 4.79 Å². The highest BCUT2D eigenvalue weighted by molar-refractivity contribution is 6.05. The molecule has 0 N–H and O–H groups in total. The number of aryl methyl sites for hydroxylation is 1. The summed E-state index contributed by atoms with van der Waals surface area (Å²) in [5.41, 5.74) is 3.43. The van der Waals surface area contributed by atoms with Gasteiger partial charge in [0.25, 0.3) is 0 Å². The molecule has 3 rings (SSSR count). The average molecular weight is 280 g/mol. The van der Waals surface area contributed by atoms with Crippen LogP contribution in [0.3, 0.4) is 0 Å². The number of carbonyl (C=O) groups excluding carboxylic acids is 1. The van der Waals surface area contributed by atoms with E-state index in [1.807, 2.05) is 49.4 Å². The highest BCUT2D eigenvalue weighted by Gasteiger charge is 2.17. The van der Waals surface area contributed by atoms with Crippen LogP contribution < -0.4 is 4.74 Å². The van der Waals surface area contributed by atoms with Gasteiger partial charge in [0.2, 0.25) is 0 Å². The van der Waals surface area contributed by atoms with Gasteiger partial charge in [-0.15, -0.1) is 0 Å². The first kappa shape index (κ1) is 13.4. The van der Waals surface area contributed by atoms with Crippen molar-refractivity contribution in [1.29, 1.82) is 0 Å². The van der Waals surface area contributed by atoms with Crippen molar-refractivity contribution in [2.45, 2.75) is 13.3 Å². The number of hydrogen-bond acceptors (Lipinski definition) is 3.